The molecule has 0 saturated carbocycles. The Hall–Kier alpha value is -2.95. The maximum Gasteiger partial charge on any atom is 0.262 e. The van der Waals surface area contributed by atoms with E-state index in [1.54, 1.807) is 30.3 Å². The molecule has 0 atom stereocenters. The topological polar surface area (TPSA) is 91.4 Å². The molecule has 10 heteroatoms. The van der Waals surface area contributed by atoms with Gasteiger partial charge in [-0.3, -0.25) is 9.52 Å². The van der Waals surface area contributed by atoms with E-state index in [1.165, 1.54) is 11.3 Å². The molecule has 0 spiro atoms. The van der Waals surface area contributed by atoms with E-state index in [0.29, 0.717) is 28.3 Å². The summed E-state index contributed by atoms with van der Waals surface area (Å²) >= 11 is 4.74. The molecular weight excluding hydrogens is 572 g/mol. The summed E-state index contributed by atoms with van der Waals surface area (Å²) < 4.78 is 29.5. The average molecular weight is 602 g/mol. The van der Waals surface area contributed by atoms with Crippen molar-refractivity contribution in [2.45, 2.75) is 30.6 Å². The number of anilines is 3. The van der Waals surface area contributed by atoms with Crippen LogP contribution in [0.3, 0.4) is 0 Å². The number of nitrogens with one attached hydrogen (secondary N) is 2. The molecule has 0 unspecified atom stereocenters. The Morgan fingerprint density at radius 2 is 1.76 bits per heavy atom. The maximum atomic E-state index is 13.4. The van der Waals surface area contributed by atoms with E-state index in [4.69, 9.17) is 0 Å². The van der Waals surface area contributed by atoms with Crippen LogP contribution in [0.25, 0.3) is 22.0 Å². The lowest BCUT2D eigenvalue weighted by molar-refractivity contribution is -0.116. The summed E-state index contributed by atoms with van der Waals surface area (Å²) in [6.07, 6.45) is 3.35. The number of alkyl halides is 1. The van der Waals surface area contributed by atoms with E-state index in [2.05, 4.69) is 31.0 Å². The van der Waals surface area contributed by atoms with Crippen molar-refractivity contribution < 1.29 is 13.2 Å². The van der Waals surface area contributed by atoms with Gasteiger partial charge in [0.25, 0.3) is 10.0 Å². The average Bonchev–Trinajstić information content (AvgIpc) is 3.34. The molecule has 1 heterocycles. The van der Waals surface area contributed by atoms with Crippen LogP contribution in [-0.2, 0) is 14.8 Å². The first kappa shape index (κ1) is 27.1. The van der Waals surface area contributed by atoms with Crippen molar-refractivity contribution in [3.05, 3.63) is 66.0 Å². The normalized spacial score (nSPS) is 11.4. The van der Waals surface area contributed by atoms with E-state index >= 15 is 0 Å². The van der Waals surface area contributed by atoms with Crippen LogP contribution in [0, 0.1) is 0 Å². The van der Waals surface area contributed by atoms with Crippen LogP contribution < -0.4 is 14.9 Å². The number of nitrogens with zero attached hydrogens (tertiary/aromatic N) is 2. The van der Waals surface area contributed by atoms with Crippen LogP contribution in [0.15, 0.2) is 70.9 Å². The summed E-state index contributed by atoms with van der Waals surface area (Å²) in [7, 11) is 0.0117. The number of benzene rings is 3. The summed E-state index contributed by atoms with van der Waals surface area (Å²) in [5, 5.41) is 7.70. The lowest BCUT2D eigenvalue weighted by Crippen LogP contribution is -2.14. The number of carbonyl (C=O) groups is 1. The van der Waals surface area contributed by atoms with E-state index in [1.807, 2.05) is 54.7 Å². The molecule has 3 aromatic carbocycles. The second kappa shape index (κ2) is 12.1. The standard InChI is InChI=1S/C27H29BrN4O3S2/c1-32(2)24-13-7-12-22-21(24)11-8-14-25(22)37(34,35)31-20-10-6-9-19(17-20)23-18-36-27(29-23)30-26(33)15-4-3-5-16-28/h6-14,17-18,31H,3-5,15-16H2,1-2H3,(H,29,30,33). The summed E-state index contributed by atoms with van der Waals surface area (Å²) in [6, 6.07) is 18.0. The van der Waals surface area contributed by atoms with Crippen molar-refractivity contribution in [3.63, 3.8) is 0 Å². The molecule has 7 nitrogen and oxygen atoms in total. The minimum Gasteiger partial charge on any atom is -0.377 e. The number of hydrogen-bond acceptors (Lipinski definition) is 6. The smallest absolute Gasteiger partial charge is 0.262 e. The predicted molar refractivity (Wildman–Crippen MR) is 158 cm³/mol. The van der Waals surface area contributed by atoms with Crippen molar-refractivity contribution in [2.75, 3.05) is 34.4 Å². The second-order valence-electron chi connectivity index (χ2n) is 8.79. The fourth-order valence-electron chi connectivity index (χ4n) is 4.04. The number of fused-ring (bicyclic) bond motifs is 1. The van der Waals surface area contributed by atoms with E-state index in [9.17, 15) is 13.2 Å². The third-order valence-corrected chi connectivity index (χ3v) is 8.59. The molecule has 0 radical (unpaired) electrons. The Bertz CT molecular complexity index is 1500. The number of rotatable bonds is 11. The molecule has 2 N–H and O–H groups in total. The first-order valence-corrected chi connectivity index (χ1v) is 15.4. The molecule has 4 aromatic rings. The molecule has 0 bridgehead atoms. The fraction of sp³-hybridized carbons (Fsp3) is 0.259. The molecule has 0 aliphatic heterocycles. The van der Waals surface area contributed by atoms with Crippen LogP contribution in [0.5, 0.6) is 0 Å². The van der Waals surface area contributed by atoms with Gasteiger partial charge in [-0.15, -0.1) is 11.3 Å². The predicted octanol–water partition coefficient (Wildman–Crippen LogP) is 6.72. The minimum absolute atomic E-state index is 0.0514. The number of thiazole rings is 1. The van der Waals surface area contributed by atoms with Crippen molar-refractivity contribution >= 4 is 70.5 Å². The van der Waals surface area contributed by atoms with Gasteiger partial charge in [-0.1, -0.05) is 58.7 Å². The highest BCUT2D eigenvalue weighted by Crippen LogP contribution is 2.32. The molecule has 1 aromatic heterocycles. The number of sulfonamides is 1. The summed E-state index contributed by atoms with van der Waals surface area (Å²) in [4.78, 5) is 18.9. The SMILES string of the molecule is CN(C)c1cccc2c(S(=O)(=O)Nc3cccc(-c4csc(NC(=O)CCCCCBr)n4)c3)cccc12. The Morgan fingerprint density at radius 3 is 2.54 bits per heavy atom. The number of aromatic nitrogens is 1. The zero-order chi connectivity index (χ0) is 26.4. The lowest BCUT2D eigenvalue weighted by atomic mass is 10.1. The highest BCUT2D eigenvalue weighted by Gasteiger charge is 2.19. The van der Waals surface area contributed by atoms with Crippen LogP contribution in [0.1, 0.15) is 25.7 Å². The molecule has 37 heavy (non-hydrogen) atoms. The second-order valence-corrected chi connectivity index (χ2v) is 12.1. The zero-order valence-corrected chi connectivity index (χ0v) is 23.9. The number of carbonyl (C=O) groups excluding carboxylic acids is 1. The third kappa shape index (κ3) is 6.68. The maximum absolute atomic E-state index is 13.4. The summed E-state index contributed by atoms with van der Waals surface area (Å²) in [6.45, 7) is 0. The Kier molecular flexibility index (Phi) is 8.83. The van der Waals surface area contributed by atoms with Crippen molar-refractivity contribution in [1.82, 2.24) is 4.98 Å². The highest BCUT2D eigenvalue weighted by molar-refractivity contribution is 9.09. The number of unbranched alkanes of at least 4 members (excludes halogenated alkanes) is 2. The fourth-order valence-corrected chi connectivity index (χ4v) is 6.45. The highest BCUT2D eigenvalue weighted by atomic mass is 79.9. The van der Waals surface area contributed by atoms with Crippen LogP contribution in [0.2, 0.25) is 0 Å². The van der Waals surface area contributed by atoms with Gasteiger partial charge in [0.05, 0.1) is 10.6 Å². The van der Waals surface area contributed by atoms with Gasteiger partial charge in [0.15, 0.2) is 5.13 Å². The van der Waals surface area contributed by atoms with Gasteiger partial charge in [-0.25, -0.2) is 13.4 Å². The first-order chi connectivity index (χ1) is 17.8. The van der Waals surface area contributed by atoms with Gasteiger partial charge in [0.2, 0.25) is 5.91 Å². The monoisotopic (exact) mass is 600 g/mol. The van der Waals surface area contributed by atoms with E-state index < -0.39 is 10.0 Å². The molecule has 0 aliphatic carbocycles. The Balaban J connectivity index is 1.52. The largest absolute Gasteiger partial charge is 0.377 e. The molecular formula is C27H29BrN4O3S2. The quantitative estimate of drug-likeness (QED) is 0.147. The van der Waals surface area contributed by atoms with Crippen LogP contribution >= 0.6 is 27.3 Å². The Morgan fingerprint density at radius 1 is 1.00 bits per heavy atom. The number of halogens is 1. The zero-order valence-electron chi connectivity index (χ0n) is 20.7. The Labute approximate surface area is 230 Å². The molecule has 194 valence electrons. The van der Waals surface area contributed by atoms with E-state index in [-0.39, 0.29) is 10.8 Å². The molecule has 0 fully saturated rings. The van der Waals surface area contributed by atoms with Gasteiger partial charge in [-0.05, 0) is 37.1 Å². The molecule has 4 rings (SSSR count). The third-order valence-electron chi connectivity index (χ3n) is 5.83. The molecule has 0 saturated heterocycles. The van der Waals surface area contributed by atoms with Crippen LogP contribution in [0.4, 0.5) is 16.5 Å². The lowest BCUT2D eigenvalue weighted by Gasteiger charge is -2.17. The minimum atomic E-state index is -3.85. The van der Waals surface area contributed by atoms with Crippen molar-refractivity contribution in [1.29, 1.82) is 0 Å². The van der Waals surface area contributed by atoms with Gasteiger partial charge in [0.1, 0.15) is 0 Å². The van der Waals surface area contributed by atoms with Gasteiger partial charge in [0, 0.05) is 58.9 Å². The van der Waals surface area contributed by atoms with Gasteiger partial charge in [-0.2, -0.15) is 0 Å². The van der Waals surface area contributed by atoms with Crippen molar-refractivity contribution in [2.24, 2.45) is 0 Å². The molecule has 0 aliphatic rings. The van der Waals surface area contributed by atoms with Gasteiger partial charge < -0.3 is 10.2 Å². The molecule has 1 amide bonds. The van der Waals surface area contributed by atoms with Gasteiger partial charge >= 0.3 is 0 Å². The summed E-state index contributed by atoms with van der Waals surface area (Å²) in [5.41, 5.74) is 2.80. The van der Waals surface area contributed by atoms with Crippen molar-refractivity contribution in [3.8, 4) is 11.3 Å². The number of amides is 1. The summed E-state index contributed by atoms with van der Waals surface area (Å²) in [5.74, 6) is -0.0514. The number of hydrogen-bond donors (Lipinski definition) is 2. The first-order valence-electron chi connectivity index (χ1n) is 11.9. The van der Waals surface area contributed by atoms with E-state index in [0.717, 1.165) is 41.2 Å². The van der Waals surface area contributed by atoms with Crippen LogP contribution in [-0.4, -0.2) is 38.7 Å².